The first kappa shape index (κ1) is 14.4. The van der Waals surface area contributed by atoms with Crippen LogP contribution in [-0.2, 0) is 9.53 Å². The number of allylic oxidation sites excluding steroid dienone is 2. The van der Waals surface area contributed by atoms with Gasteiger partial charge in [-0.05, 0) is 33.6 Å². The van der Waals surface area contributed by atoms with E-state index in [0.29, 0.717) is 5.56 Å². The maximum atomic E-state index is 11.8. The zero-order valence-corrected chi connectivity index (χ0v) is 13.0. The van der Waals surface area contributed by atoms with Gasteiger partial charge >= 0.3 is 5.97 Å². The van der Waals surface area contributed by atoms with Crippen molar-refractivity contribution >= 4 is 33.9 Å². The lowest BCUT2D eigenvalue weighted by atomic mass is 10.2. The summed E-state index contributed by atoms with van der Waals surface area (Å²) in [7, 11) is 0. The number of esters is 1. The monoisotopic (exact) mass is 354 g/mol. The predicted molar refractivity (Wildman–Crippen MR) is 88.1 cm³/mol. The summed E-state index contributed by atoms with van der Waals surface area (Å²) in [5, 5.41) is 0. The number of cyclic esters (lactones) is 1. The average Bonchev–Trinajstić information content (AvgIpc) is 2.90. The predicted octanol–water partition coefficient (Wildman–Crippen LogP) is 3.74. The first-order chi connectivity index (χ1) is 10.7. The van der Waals surface area contributed by atoms with E-state index in [9.17, 15) is 4.79 Å². The molecule has 0 bridgehead atoms. The second-order valence-electron chi connectivity index (χ2n) is 4.52. The zero-order valence-electron chi connectivity index (χ0n) is 11.4. The number of ether oxygens (including phenoxy) is 1. The maximum absolute atomic E-state index is 11.8. The van der Waals surface area contributed by atoms with Gasteiger partial charge in [-0.1, -0.05) is 42.5 Å². The number of halogens is 1. The number of pyridine rings is 1. The fourth-order valence-corrected chi connectivity index (χ4v) is 2.25. The van der Waals surface area contributed by atoms with Gasteiger partial charge in [0.15, 0.2) is 5.70 Å². The average molecular weight is 355 g/mol. The Morgan fingerprint density at radius 3 is 2.73 bits per heavy atom. The normalized spacial score (nSPS) is 16.1. The Morgan fingerprint density at radius 2 is 1.95 bits per heavy atom. The quantitative estimate of drug-likeness (QED) is 0.623. The van der Waals surface area contributed by atoms with Gasteiger partial charge in [0, 0.05) is 16.9 Å². The number of nitrogens with zero attached hydrogens (tertiary/aromatic N) is 2. The minimum Gasteiger partial charge on any atom is -0.402 e. The summed E-state index contributed by atoms with van der Waals surface area (Å²) in [4.78, 5) is 20.0. The highest BCUT2D eigenvalue weighted by Crippen LogP contribution is 2.18. The first-order valence-electron chi connectivity index (χ1n) is 6.57. The van der Waals surface area contributed by atoms with E-state index in [1.807, 2.05) is 36.4 Å². The van der Waals surface area contributed by atoms with Crippen LogP contribution < -0.4 is 0 Å². The Hall–Kier alpha value is -2.53. The number of rotatable bonds is 3. The molecule has 2 heterocycles. The van der Waals surface area contributed by atoms with Crippen molar-refractivity contribution in [3.05, 3.63) is 82.2 Å². The Labute approximate surface area is 136 Å². The molecule has 0 spiro atoms. The van der Waals surface area contributed by atoms with E-state index in [2.05, 4.69) is 25.9 Å². The summed E-state index contributed by atoms with van der Waals surface area (Å²) in [6.45, 7) is 0. The van der Waals surface area contributed by atoms with Crippen molar-refractivity contribution in [2.45, 2.75) is 0 Å². The van der Waals surface area contributed by atoms with Gasteiger partial charge in [0.1, 0.15) is 0 Å². The fraction of sp³-hybridized carbons (Fsp3) is 0. The summed E-state index contributed by atoms with van der Waals surface area (Å²) in [5.41, 5.74) is 1.96. The molecule has 0 atom stereocenters. The van der Waals surface area contributed by atoms with E-state index in [1.54, 1.807) is 30.6 Å². The van der Waals surface area contributed by atoms with Crippen LogP contribution in [-0.4, -0.2) is 16.9 Å². The molecular formula is C17H11BrN2O2. The molecule has 22 heavy (non-hydrogen) atoms. The van der Waals surface area contributed by atoms with Crippen molar-refractivity contribution in [3.8, 4) is 0 Å². The molecule has 1 aromatic heterocycles. The molecule has 0 saturated heterocycles. The lowest BCUT2D eigenvalue weighted by Crippen LogP contribution is -2.05. The second kappa shape index (κ2) is 6.49. The molecule has 2 aromatic rings. The van der Waals surface area contributed by atoms with Gasteiger partial charge in [-0.3, -0.25) is 4.98 Å². The number of carbonyl (C=O) groups excluding carboxylic acids is 1. The zero-order chi connectivity index (χ0) is 15.4. The summed E-state index contributed by atoms with van der Waals surface area (Å²) >= 11 is 3.32. The van der Waals surface area contributed by atoms with Gasteiger partial charge in [-0.2, -0.15) is 0 Å². The van der Waals surface area contributed by atoms with Crippen LogP contribution in [0.1, 0.15) is 11.1 Å². The highest BCUT2D eigenvalue weighted by Gasteiger charge is 2.23. The fourth-order valence-electron chi connectivity index (χ4n) is 1.89. The Balaban J connectivity index is 1.81. The third kappa shape index (κ3) is 3.38. The van der Waals surface area contributed by atoms with Crippen molar-refractivity contribution in [2.75, 3.05) is 0 Å². The molecule has 1 aromatic carbocycles. The van der Waals surface area contributed by atoms with E-state index in [1.165, 1.54) is 0 Å². The second-order valence-corrected chi connectivity index (χ2v) is 5.44. The smallest absolute Gasteiger partial charge is 0.363 e. The highest BCUT2D eigenvalue weighted by atomic mass is 79.9. The van der Waals surface area contributed by atoms with Crippen LogP contribution in [0.3, 0.4) is 0 Å². The molecule has 4 nitrogen and oxygen atoms in total. The van der Waals surface area contributed by atoms with Gasteiger partial charge < -0.3 is 4.74 Å². The SMILES string of the molecule is O=C1OC(c2cncc(Br)c2)=N/C1=C/C=C/c1ccccc1. The van der Waals surface area contributed by atoms with Gasteiger partial charge in [0.2, 0.25) is 5.90 Å². The Morgan fingerprint density at radius 1 is 1.14 bits per heavy atom. The van der Waals surface area contributed by atoms with Crippen LogP contribution in [0.5, 0.6) is 0 Å². The van der Waals surface area contributed by atoms with E-state index in [0.717, 1.165) is 10.0 Å². The highest BCUT2D eigenvalue weighted by molar-refractivity contribution is 9.10. The summed E-state index contributed by atoms with van der Waals surface area (Å²) < 4.78 is 5.96. The first-order valence-corrected chi connectivity index (χ1v) is 7.37. The molecule has 0 fully saturated rings. The molecule has 5 heteroatoms. The molecule has 3 rings (SSSR count). The van der Waals surface area contributed by atoms with Crippen LogP contribution in [0.25, 0.3) is 6.08 Å². The van der Waals surface area contributed by atoms with E-state index < -0.39 is 5.97 Å². The number of aliphatic imine (C=N–C) groups is 1. The minimum absolute atomic E-state index is 0.262. The molecule has 0 unspecified atom stereocenters. The van der Waals surface area contributed by atoms with Crippen molar-refractivity contribution in [3.63, 3.8) is 0 Å². The summed E-state index contributed by atoms with van der Waals surface area (Å²) in [6, 6.07) is 11.6. The van der Waals surface area contributed by atoms with E-state index >= 15 is 0 Å². The van der Waals surface area contributed by atoms with Crippen molar-refractivity contribution in [1.82, 2.24) is 4.98 Å². The molecule has 0 radical (unpaired) electrons. The third-order valence-corrected chi connectivity index (χ3v) is 3.35. The van der Waals surface area contributed by atoms with E-state index in [-0.39, 0.29) is 11.6 Å². The van der Waals surface area contributed by atoms with Gasteiger partial charge in [-0.25, -0.2) is 9.79 Å². The maximum Gasteiger partial charge on any atom is 0.363 e. The largest absolute Gasteiger partial charge is 0.402 e. The molecule has 0 N–H and O–H groups in total. The van der Waals surface area contributed by atoms with Crippen LogP contribution in [0.15, 0.2) is 76.1 Å². The van der Waals surface area contributed by atoms with Crippen LogP contribution >= 0.6 is 15.9 Å². The molecular weight excluding hydrogens is 344 g/mol. The summed E-state index contributed by atoms with van der Waals surface area (Å²) in [5.74, 6) is -0.203. The lowest BCUT2D eigenvalue weighted by Gasteiger charge is -1.98. The number of hydrogen-bond donors (Lipinski definition) is 0. The Kier molecular flexibility index (Phi) is 4.25. The molecule has 0 amide bonds. The van der Waals surface area contributed by atoms with Gasteiger partial charge in [0.05, 0.1) is 5.56 Å². The van der Waals surface area contributed by atoms with Gasteiger partial charge in [-0.15, -0.1) is 0 Å². The van der Waals surface area contributed by atoms with Crippen molar-refractivity contribution < 1.29 is 9.53 Å². The lowest BCUT2D eigenvalue weighted by molar-refractivity contribution is -0.130. The van der Waals surface area contributed by atoms with Crippen molar-refractivity contribution in [2.24, 2.45) is 4.99 Å². The van der Waals surface area contributed by atoms with Crippen molar-refractivity contribution in [1.29, 1.82) is 0 Å². The number of benzene rings is 1. The Bertz CT molecular complexity index is 795. The molecule has 0 aliphatic carbocycles. The molecule has 0 saturated carbocycles. The van der Waals surface area contributed by atoms with Crippen LogP contribution in [0.4, 0.5) is 0 Å². The number of aromatic nitrogens is 1. The number of hydrogen-bond acceptors (Lipinski definition) is 4. The molecule has 1 aliphatic rings. The van der Waals surface area contributed by atoms with Crippen LogP contribution in [0, 0.1) is 0 Å². The van der Waals surface area contributed by atoms with Crippen LogP contribution in [0.2, 0.25) is 0 Å². The molecule has 1 aliphatic heterocycles. The van der Waals surface area contributed by atoms with Gasteiger partial charge in [0.25, 0.3) is 0 Å². The summed E-state index contributed by atoms with van der Waals surface area (Å²) in [6.07, 6.45) is 8.56. The number of carbonyl (C=O) groups is 1. The molecule has 108 valence electrons. The van der Waals surface area contributed by atoms with E-state index in [4.69, 9.17) is 4.74 Å². The third-order valence-electron chi connectivity index (χ3n) is 2.91. The standard InChI is InChI=1S/C17H11BrN2O2/c18-14-9-13(10-19-11-14)16-20-15(17(21)22-16)8-4-7-12-5-2-1-3-6-12/h1-11H/b7-4+,15-8+. The minimum atomic E-state index is -0.465. The topological polar surface area (TPSA) is 51.5 Å².